The summed E-state index contributed by atoms with van der Waals surface area (Å²) in [4.78, 5) is 12.5. The highest BCUT2D eigenvalue weighted by molar-refractivity contribution is 7.99. The number of halogens is 1. The van der Waals surface area contributed by atoms with Gasteiger partial charge < -0.3 is 5.32 Å². The summed E-state index contributed by atoms with van der Waals surface area (Å²) >= 11 is 7.46. The zero-order valence-electron chi connectivity index (χ0n) is 18.3. The third kappa shape index (κ3) is 4.07. The van der Waals surface area contributed by atoms with Gasteiger partial charge in [-0.2, -0.15) is 5.10 Å². The molecule has 0 atom stereocenters. The van der Waals surface area contributed by atoms with Crippen LogP contribution < -0.4 is 5.32 Å². The molecule has 1 amide bonds. The first-order valence-corrected chi connectivity index (χ1v) is 11.8. The molecular weight excluding hydrogens is 456 g/mol. The summed E-state index contributed by atoms with van der Waals surface area (Å²) in [5.74, 6) is 0.0648. The average Bonchev–Trinajstić information content (AvgIpc) is 3.41. The first-order valence-electron chi connectivity index (χ1n) is 10.4. The summed E-state index contributed by atoms with van der Waals surface area (Å²) < 4.78 is 3.68. The van der Waals surface area contributed by atoms with Crippen LogP contribution >= 0.6 is 23.4 Å². The summed E-state index contributed by atoms with van der Waals surface area (Å²) in [5, 5.41) is 17.5. The average molecular weight is 477 g/mol. The largest absolute Gasteiger partial charge is 0.325 e. The predicted octanol–water partition coefficient (Wildman–Crippen LogP) is 5.35. The van der Waals surface area contributed by atoms with Crippen molar-refractivity contribution in [2.24, 2.45) is 0 Å². The Balaban J connectivity index is 1.38. The van der Waals surface area contributed by atoms with Crippen LogP contribution in [-0.2, 0) is 4.79 Å². The molecule has 0 aliphatic rings. The number of aryl methyl sites for hydroxylation is 2. The van der Waals surface area contributed by atoms with Crippen molar-refractivity contribution in [3.05, 3.63) is 76.6 Å². The molecule has 0 aliphatic heterocycles. The van der Waals surface area contributed by atoms with Crippen LogP contribution in [0.5, 0.6) is 0 Å². The maximum atomic E-state index is 12.5. The number of amides is 1. The third-order valence-corrected chi connectivity index (χ3v) is 7.02. The minimum absolute atomic E-state index is 0.135. The van der Waals surface area contributed by atoms with Crippen LogP contribution in [0.4, 0.5) is 5.69 Å². The summed E-state index contributed by atoms with van der Waals surface area (Å²) in [6, 6.07) is 13.8. The van der Waals surface area contributed by atoms with Gasteiger partial charge in [-0.05, 0) is 61.7 Å². The second-order valence-corrected chi connectivity index (χ2v) is 9.23. The number of thioether (sulfide) groups is 1. The zero-order valence-corrected chi connectivity index (χ0v) is 19.9. The van der Waals surface area contributed by atoms with Crippen molar-refractivity contribution >= 4 is 46.1 Å². The Bertz CT molecular complexity index is 1520. The molecule has 3 heterocycles. The molecule has 0 radical (unpaired) electrons. The number of aromatic nitrogens is 5. The van der Waals surface area contributed by atoms with Crippen molar-refractivity contribution in [1.82, 2.24) is 24.2 Å². The lowest BCUT2D eigenvalue weighted by Crippen LogP contribution is -2.15. The van der Waals surface area contributed by atoms with Crippen LogP contribution in [0.25, 0.3) is 22.4 Å². The fourth-order valence-corrected chi connectivity index (χ4v) is 4.48. The number of hydrogen-bond acceptors (Lipinski definition) is 5. The van der Waals surface area contributed by atoms with Crippen molar-refractivity contribution in [1.29, 1.82) is 0 Å². The van der Waals surface area contributed by atoms with Crippen LogP contribution in [0.3, 0.4) is 0 Å². The third-order valence-electron chi connectivity index (χ3n) is 5.66. The SMILES string of the molecule is Cc1ccc(-c2cc3c4nnc(SCC(=O)Nc5cccc(Cl)c5C)n4ccn3n2)cc1C. The molecular formula is C24H21ClN6OS. The fraction of sp³-hybridized carbons (Fsp3) is 0.167. The Kier molecular flexibility index (Phi) is 5.55. The number of anilines is 1. The second kappa shape index (κ2) is 8.53. The van der Waals surface area contributed by atoms with Gasteiger partial charge in [-0.25, -0.2) is 4.52 Å². The number of hydrogen-bond donors (Lipinski definition) is 1. The van der Waals surface area contributed by atoms with E-state index in [0.29, 0.717) is 21.5 Å². The van der Waals surface area contributed by atoms with E-state index in [1.807, 2.05) is 41.9 Å². The lowest BCUT2D eigenvalue weighted by atomic mass is 10.0. The molecule has 0 unspecified atom stereocenters. The quantitative estimate of drug-likeness (QED) is 0.346. The van der Waals surface area contributed by atoms with E-state index in [1.54, 1.807) is 10.6 Å². The number of benzene rings is 2. The number of nitrogens with one attached hydrogen (secondary N) is 1. The minimum atomic E-state index is -0.135. The van der Waals surface area contributed by atoms with Gasteiger partial charge in [0.1, 0.15) is 5.52 Å². The van der Waals surface area contributed by atoms with E-state index >= 15 is 0 Å². The van der Waals surface area contributed by atoms with E-state index in [1.165, 1.54) is 22.9 Å². The summed E-state index contributed by atoms with van der Waals surface area (Å²) in [5.41, 5.74) is 7.49. The summed E-state index contributed by atoms with van der Waals surface area (Å²) in [6.45, 7) is 6.07. The van der Waals surface area contributed by atoms with Gasteiger partial charge in [0, 0.05) is 28.7 Å². The Morgan fingerprint density at radius 2 is 1.91 bits per heavy atom. The standard InChI is InChI=1S/C24H21ClN6OS/c1-14-7-8-17(11-15(14)2)20-12-21-23-27-28-24(30(23)9-10-31(21)29-20)33-13-22(32)26-19-6-4-5-18(25)16(19)3/h4-12H,13H2,1-3H3,(H,26,32). The number of carbonyl (C=O) groups is 1. The molecule has 0 bridgehead atoms. The molecule has 3 aromatic heterocycles. The minimum Gasteiger partial charge on any atom is -0.325 e. The van der Waals surface area contributed by atoms with Crippen LogP contribution in [0.15, 0.2) is 60.0 Å². The highest BCUT2D eigenvalue weighted by Gasteiger charge is 2.15. The number of fused-ring (bicyclic) bond motifs is 3. The van der Waals surface area contributed by atoms with E-state index < -0.39 is 0 Å². The highest BCUT2D eigenvalue weighted by Crippen LogP contribution is 2.26. The van der Waals surface area contributed by atoms with Crippen LogP contribution in [0, 0.1) is 20.8 Å². The first-order chi connectivity index (χ1) is 15.9. The number of rotatable bonds is 5. The van der Waals surface area contributed by atoms with Crippen molar-refractivity contribution in [3.63, 3.8) is 0 Å². The molecule has 9 heteroatoms. The lowest BCUT2D eigenvalue weighted by Gasteiger charge is -2.09. The van der Waals surface area contributed by atoms with E-state index in [-0.39, 0.29) is 11.7 Å². The van der Waals surface area contributed by atoms with Crippen molar-refractivity contribution < 1.29 is 4.79 Å². The topological polar surface area (TPSA) is 76.6 Å². The molecule has 7 nitrogen and oxygen atoms in total. The molecule has 5 rings (SSSR count). The van der Waals surface area contributed by atoms with Gasteiger partial charge in [0.2, 0.25) is 5.91 Å². The monoisotopic (exact) mass is 476 g/mol. The second-order valence-electron chi connectivity index (χ2n) is 7.88. The number of nitrogens with zero attached hydrogens (tertiary/aromatic N) is 5. The maximum absolute atomic E-state index is 12.5. The van der Waals surface area contributed by atoms with Gasteiger partial charge in [-0.1, -0.05) is 41.6 Å². The highest BCUT2D eigenvalue weighted by atomic mass is 35.5. The van der Waals surface area contributed by atoms with E-state index in [2.05, 4.69) is 47.6 Å². The Morgan fingerprint density at radius 3 is 2.73 bits per heavy atom. The molecule has 5 aromatic rings. The predicted molar refractivity (Wildman–Crippen MR) is 132 cm³/mol. The Morgan fingerprint density at radius 1 is 1.06 bits per heavy atom. The van der Waals surface area contributed by atoms with Gasteiger partial charge in [0.15, 0.2) is 10.8 Å². The van der Waals surface area contributed by atoms with Crippen molar-refractivity contribution in [3.8, 4) is 11.3 Å². The lowest BCUT2D eigenvalue weighted by molar-refractivity contribution is -0.113. The van der Waals surface area contributed by atoms with Crippen LogP contribution in [0.1, 0.15) is 16.7 Å². The molecule has 166 valence electrons. The summed E-state index contributed by atoms with van der Waals surface area (Å²) in [6.07, 6.45) is 3.73. The number of carbonyl (C=O) groups excluding carboxylic acids is 1. The van der Waals surface area contributed by atoms with Gasteiger partial charge >= 0.3 is 0 Å². The van der Waals surface area contributed by atoms with Crippen molar-refractivity contribution in [2.75, 3.05) is 11.1 Å². The van der Waals surface area contributed by atoms with Gasteiger partial charge in [-0.3, -0.25) is 9.20 Å². The van der Waals surface area contributed by atoms with Crippen LogP contribution in [-0.4, -0.2) is 35.9 Å². The maximum Gasteiger partial charge on any atom is 0.234 e. The molecule has 1 N–H and O–H groups in total. The van der Waals surface area contributed by atoms with E-state index in [4.69, 9.17) is 16.7 Å². The molecule has 0 spiro atoms. The fourth-order valence-electron chi connectivity index (χ4n) is 3.59. The van der Waals surface area contributed by atoms with Gasteiger partial charge in [0.25, 0.3) is 0 Å². The zero-order chi connectivity index (χ0) is 23.1. The first kappa shape index (κ1) is 21.5. The Labute approximate surface area is 199 Å². The molecule has 0 saturated carbocycles. The smallest absolute Gasteiger partial charge is 0.234 e. The van der Waals surface area contributed by atoms with Crippen molar-refractivity contribution in [2.45, 2.75) is 25.9 Å². The van der Waals surface area contributed by atoms with Gasteiger partial charge in [0.05, 0.1) is 11.4 Å². The molecule has 33 heavy (non-hydrogen) atoms. The van der Waals surface area contributed by atoms with Gasteiger partial charge in [-0.15, -0.1) is 10.2 Å². The summed E-state index contributed by atoms with van der Waals surface area (Å²) in [7, 11) is 0. The van der Waals surface area contributed by atoms with E-state index in [0.717, 1.165) is 22.3 Å². The van der Waals surface area contributed by atoms with E-state index in [9.17, 15) is 4.79 Å². The molecule has 0 saturated heterocycles. The Hall–Kier alpha value is -3.36. The normalized spacial score (nSPS) is 11.4. The molecule has 2 aromatic carbocycles. The molecule has 0 fully saturated rings. The van der Waals surface area contributed by atoms with Crippen LogP contribution in [0.2, 0.25) is 5.02 Å². The molecule has 0 aliphatic carbocycles.